The second-order valence-corrected chi connectivity index (χ2v) is 4.85. The molecular weight excluding hydrogens is 248 g/mol. The summed E-state index contributed by atoms with van der Waals surface area (Å²) in [6.45, 7) is 0. The number of oxazole rings is 1. The molecular formula is C12H12N4OS. The van der Waals surface area contributed by atoms with Crippen LogP contribution in [0.1, 0.15) is 18.0 Å². The van der Waals surface area contributed by atoms with Crippen LogP contribution in [0.4, 0.5) is 5.13 Å². The number of nitrogens with zero attached hydrogens (tertiary/aromatic N) is 3. The molecule has 0 saturated heterocycles. The van der Waals surface area contributed by atoms with E-state index in [1.54, 1.807) is 6.20 Å². The number of rotatable bonds is 4. The van der Waals surface area contributed by atoms with Crippen LogP contribution in [0.3, 0.4) is 0 Å². The molecule has 3 rings (SSSR count). The largest absolute Gasteiger partial charge is 0.439 e. The quantitative estimate of drug-likeness (QED) is 0.779. The molecule has 0 aliphatic heterocycles. The molecule has 0 aromatic carbocycles. The monoisotopic (exact) mass is 260 g/mol. The van der Waals surface area contributed by atoms with Crippen molar-refractivity contribution in [2.45, 2.75) is 19.3 Å². The molecule has 2 N–H and O–H groups in total. The van der Waals surface area contributed by atoms with Crippen molar-refractivity contribution in [3.05, 3.63) is 35.3 Å². The van der Waals surface area contributed by atoms with E-state index in [1.165, 1.54) is 11.3 Å². The fraction of sp³-hybridized carbons (Fsp3) is 0.250. The van der Waals surface area contributed by atoms with Gasteiger partial charge in [0.15, 0.2) is 22.3 Å². The molecule has 0 aliphatic carbocycles. The van der Waals surface area contributed by atoms with Crippen LogP contribution < -0.4 is 5.73 Å². The molecule has 0 amide bonds. The number of hydrogen-bond donors (Lipinski definition) is 1. The first-order valence-electron chi connectivity index (χ1n) is 5.71. The maximum Gasteiger partial charge on any atom is 0.198 e. The van der Waals surface area contributed by atoms with Gasteiger partial charge in [0.2, 0.25) is 0 Å². The SMILES string of the molecule is Nc1nc(CCCc2nc3ncccc3o2)cs1. The molecule has 18 heavy (non-hydrogen) atoms. The minimum atomic E-state index is 0.621. The van der Waals surface area contributed by atoms with E-state index in [0.717, 1.165) is 36.4 Å². The second-order valence-electron chi connectivity index (χ2n) is 3.96. The van der Waals surface area contributed by atoms with Crippen molar-refractivity contribution in [3.63, 3.8) is 0 Å². The van der Waals surface area contributed by atoms with Gasteiger partial charge in [-0.05, 0) is 25.0 Å². The van der Waals surface area contributed by atoms with Crippen molar-refractivity contribution >= 4 is 27.7 Å². The number of nitrogens with two attached hydrogens (primary N) is 1. The van der Waals surface area contributed by atoms with E-state index in [9.17, 15) is 0 Å². The Morgan fingerprint density at radius 3 is 3.00 bits per heavy atom. The van der Waals surface area contributed by atoms with Crippen LogP contribution in [0.15, 0.2) is 28.1 Å². The van der Waals surface area contributed by atoms with Gasteiger partial charge in [-0.2, -0.15) is 4.98 Å². The molecule has 6 heteroatoms. The molecule has 0 radical (unpaired) electrons. The minimum Gasteiger partial charge on any atom is -0.439 e. The van der Waals surface area contributed by atoms with E-state index in [-0.39, 0.29) is 0 Å². The zero-order chi connectivity index (χ0) is 12.4. The molecule has 0 bridgehead atoms. The van der Waals surface area contributed by atoms with Crippen LogP contribution in [-0.4, -0.2) is 15.0 Å². The molecule has 5 nitrogen and oxygen atoms in total. The summed E-state index contributed by atoms with van der Waals surface area (Å²) < 4.78 is 5.60. The van der Waals surface area contributed by atoms with E-state index >= 15 is 0 Å². The van der Waals surface area contributed by atoms with Crippen molar-refractivity contribution in [2.75, 3.05) is 5.73 Å². The van der Waals surface area contributed by atoms with Gasteiger partial charge in [-0.15, -0.1) is 11.3 Å². The van der Waals surface area contributed by atoms with Crippen LogP contribution in [0.25, 0.3) is 11.2 Å². The van der Waals surface area contributed by atoms with Crippen molar-refractivity contribution in [1.29, 1.82) is 0 Å². The number of pyridine rings is 1. The molecule has 92 valence electrons. The molecule has 0 spiro atoms. The van der Waals surface area contributed by atoms with Gasteiger partial charge in [0, 0.05) is 18.0 Å². The van der Waals surface area contributed by atoms with Gasteiger partial charge in [0.1, 0.15) is 0 Å². The fourth-order valence-corrected chi connectivity index (χ4v) is 2.38. The molecule has 0 atom stereocenters. The summed E-state index contributed by atoms with van der Waals surface area (Å²) in [5, 5.41) is 2.61. The van der Waals surface area contributed by atoms with Gasteiger partial charge in [0.25, 0.3) is 0 Å². The maximum absolute atomic E-state index is 5.60. The van der Waals surface area contributed by atoms with Crippen LogP contribution in [0.5, 0.6) is 0 Å². The van der Waals surface area contributed by atoms with E-state index in [1.807, 2.05) is 17.5 Å². The highest BCUT2D eigenvalue weighted by Crippen LogP contribution is 2.16. The minimum absolute atomic E-state index is 0.621. The highest BCUT2D eigenvalue weighted by atomic mass is 32.1. The third-order valence-electron chi connectivity index (χ3n) is 2.60. The summed E-state index contributed by atoms with van der Waals surface area (Å²) in [5.74, 6) is 0.729. The molecule has 0 unspecified atom stereocenters. The average Bonchev–Trinajstić information content (AvgIpc) is 2.95. The lowest BCUT2D eigenvalue weighted by Gasteiger charge is -1.93. The second kappa shape index (κ2) is 4.73. The third kappa shape index (κ3) is 2.33. The zero-order valence-electron chi connectivity index (χ0n) is 9.67. The Hall–Kier alpha value is -1.95. The summed E-state index contributed by atoms with van der Waals surface area (Å²) >= 11 is 1.47. The lowest BCUT2D eigenvalue weighted by Crippen LogP contribution is -1.91. The summed E-state index contributed by atoms with van der Waals surface area (Å²) in [4.78, 5) is 12.7. The Kier molecular flexibility index (Phi) is 2.93. The lowest BCUT2D eigenvalue weighted by atomic mass is 10.2. The Labute approximate surface area is 108 Å². The summed E-state index contributed by atoms with van der Waals surface area (Å²) in [7, 11) is 0. The van der Waals surface area contributed by atoms with Crippen molar-refractivity contribution in [2.24, 2.45) is 0 Å². The Balaban J connectivity index is 1.62. The number of thiazole rings is 1. The highest BCUT2D eigenvalue weighted by Gasteiger charge is 2.06. The number of nitrogen functional groups attached to an aromatic ring is 1. The number of aromatic nitrogens is 3. The number of fused-ring (bicyclic) bond motifs is 1. The Morgan fingerprint density at radius 2 is 2.22 bits per heavy atom. The molecule has 0 aliphatic rings. The number of aryl methyl sites for hydroxylation is 2. The zero-order valence-corrected chi connectivity index (χ0v) is 10.5. The van der Waals surface area contributed by atoms with Crippen LogP contribution >= 0.6 is 11.3 Å². The van der Waals surface area contributed by atoms with E-state index in [0.29, 0.717) is 10.8 Å². The molecule has 0 saturated carbocycles. The van der Waals surface area contributed by atoms with E-state index < -0.39 is 0 Å². The molecule has 3 aromatic rings. The molecule has 3 aromatic heterocycles. The van der Waals surface area contributed by atoms with Gasteiger partial charge in [-0.3, -0.25) is 0 Å². The number of hydrogen-bond acceptors (Lipinski definition) is 6. The Bertz CT molecular complexity index is 628. The first kappa shape index (κ1) is 11.2. The standard InChI is InChI=1S/C12H12N4OS/c13-12-15-8(7-18-12)3-1-5-10-16-11-9(17-10)4-2-6-14-11/h2,4,6-7H,1,3,5H2,(H2,13,15). The normalized spacial score (nSPS) is 11.1. The summed E-state index contributed by atoms with van der Waals surface area (Å²) in [6.07, 6.45) is 4.33. The Morgan fingerprint density at radius 1 is 1.28 bits per heavy atom. The number of anilines is 1. The fourth-order valence-electron chi connectivity index (χ4n) is 1.78. The smallest absolute Gasteiger partial charge is 0.198 e. The average molecular weight is 260 g/mol. The first-order valence-corrected chi connectivity index (χ1v) is 6.59. The van der Waals surface area contributed by atoms with Crippen molar-refractivity contribution in [3.8, 4) is 0 Å². The van der Waals surface area contributed by atoms with Crippen molar-refractivity contribution in [1.82, 2.24) is 15.0 Å². The summed E-state index contributed by atoms with van der Waals surface area (Å²) in [6, 6.07) is 3.72. The van der Waals surface area contributed by atoms with Gasteiger partial charge >= 0.3 is 0 Å². The van der Waals surface area contributed by atoms with Crippen LogP contribution in [-0.2, 0) is 12.8 Å². The van der Waals surface area contributed by atoms with Crippen LogP contribution in [0.2, 0.25) is 0 Å². The molecule has 0 fully saturated rings. The predicted octanol–water partition coefficient (Wildman–Crippen LogP) is 2.44. The third-order valence-corrected chi connectivity index (χ3v) is 3.33. The molecule has 3 heterocycles. The van der Waals surface area contributed by atoms with Crippen LogP contribution in [0, 0.1) is 0 Å². The van der Waals surface area contributed by atoms with Crippen molar-refractivity contribution < 1.29 is 4.42 Å². The maximum atomic E-state index is 5.60. The summed E-state index contributed by atoms with van der Waals surface area (Å²) in [5.41, 5.74) is 8.03. The van der Waals surface area contributed by atoms with E-state index in [2.05, 4.69) is 15.0 Å². The lowest BCUT2D eigenvalue weighted by molar-refractivity contribution is 0.519. The van der Waals surface area contributed by atoms with Gasteiger partial charge in [-0.25, -0.2) is 9.97 Å². The highest BCUT2D eigenvalue weighted by molar-refractivity contribution is 7.13. The van der Waals surface area contributed by atoms with Gasteiger partial charge in [0.05, 0.1) is 5.69 Å². The van der Waals surface area contributed by atoms with Gasteiger partial charge in [-0.1, -0.05) is 0 Å². The van der Waals surface area contributed by atoms with E-state index in [4.69, 9.17) is 10.2 Å². The first-order chi connectivity index (χ1) is 8.81. The predicted molar refractivity (Wildman–Crippen MR) is 70.4 cm³/mol. The topological polar surface area (TPSA) is 77.8 Å². The van der Waals surface area contributed by atoms with Gasteiger partial charge < -0.3 is 10.2 Å².